The zero-order chi connectivity index (χ0) is 15.9. The van der Waals surface area contributed by atoms with E-state index in [1.54, 1.807) is 0 Å². The lowest BCUT2D eigenvalue weighted by Gasteiger charge is -2.26. The zero-order valence-corrected chi connectivity index (χ0v) is 13.6. The molecule has 0 radical (unpaired) electrons. The van der Waals surface area contributed by atoms with Gasteiger partial charge < -0.3 is 0 Å². The lowest BCUT2D eigenvalue weighted by Crippen LogP contribution is -2.24. The second-order valence-electron chi connectivity index (χ2n) is 5.26. The number of nitrogens with one attached hydrogen (secondary N) is 1. The second kappa shape index (κ2) is 5.40. The fraction of sp³-hybridized carbons (Fsp3) is 0.250. The van der Waals surface area contributed by atoms with Crippen LogP contribution < -0.4 is 0 Å². The van der Waals surface area contributed by atoms with E-state index in [1.807, 2.05) is 32.0 Å². The number of nitriles is 2. The Bertz CT molecular complexity index is 907. The lowest BCUT2D eigenvalue weighted by molar-refractivity contribution is 0.704. The molecule has 1 aromatic carbocycles. The van der Waals surface area contributed by atoms with Gasteiger partial charge in [0.1, 0.15) is 4.60 Å². The van der Waals surface area contributed by atoms with Crippen LogP contribution >= 0.6 is 15.9 Å². The smallest absolute Gasteiger partial charge is 0.108 e. The van der Waals surface area contributed by atoms with Crippen molar-refractivity contribution in [2.24, 2.45) is 10.9 Å². The largest absolute Gasteiger partial charge is 0.270 e. The molecule has 2 heterocycles. The minimum Gasteiger partial charge on any atom is -0.270 e. The van der Waals surface area contributed by atoms with Crippen molar-refractivity contribution >= 4 is 32.5 Å². The molecular weight excluding hydrogens is 342 g/mol. The van der Waals surface area contributed by atoms with Crippen molar-refractivity contribution in [1.29, 1.82) is 10.5 Å². The number of allylic oxidation sites excluding steroid dienone is 2. The first kappa shape index (κ1) is 14.5. The normalized spacial score (nSPS) is 21.4. The van der Waals surface area contributed by atoms with Crippen molar-refractivity contribution in [2.45, 2.75) is 19.8 Å². The van der Waals surface area contributed by atoms with Crippen LogP contribution in [-0.4, -0.2) is 15.9 Å². The molecule has 3 rings (SSSR count). The van der Waals surface area contributed by atoms with Crippen molar-refractivity contribution in [3.05, 3.63) is 39.6 Å². The predicted octanol–water partition coefficient (Wildman–Crippen LogP) is 3.82. The third kappa shape index (κ3) is 2.13. The Labute approximate surface area is 136 Å². The first-order valence-electron chi connectivity index (χ1n) is 6.76. The number of fused-ring (bicyclic) bond motifs is 1. The molecule has 0 aliphatic carbocycles. The molecule has 6 heteroatoms. The van der Waals surface area contributed by atoms with Gasteiger partial charge in [0.05, 0.1) is 34.8 Å². The molecule has 0 saturated heterocycles. The molecule has 5 nitrogen and oxygen atoms in total. The fourth-order valence-corrected chi connectivity index (χ4v) is 3.30. The van der Waals surface area contributed by atoms with E-state index in [2.05, 4.69) is 43.3 Å². The van der Waals surface area contributed by atoms with Gasteiger partial charge in [-0.05, 0) is 47.5 Å². The molecule has 2 aromatic rings. The maximum absolute atomic E-state index is 9.53. The van der Waals surface area contributed by atoms with E-state index in [-0.39, 0.29) is 5.92 Å². The van der Waals surface area contributed by atoms with Gasteiger partial charge in [-0.15, -0.1) is 0 Å². The van der Waals surface area contributed by atoms with Crippen LogP contribution in [-0.2, 0) is 0 Å². The fourth-order valence-electron chi connectivity index (χ4n) is 2.89. The maximum Gasteiger partial charge on any atom is 0.108 e. The van der Waals surface area contributed by atoms with Crippen molar-refractivity contribution in [2.75, 3.05) is 0 Å². The SMILES string of the molecule is CC1=NC(C)=C(C#N)C(c2ccc3n[nH]c(Br)c3c2)C1C#N. The van der Waals surface area contributed by atoms with Crippen molar-refractivity contribution in [1.82, 2.24) is 10.2 Å². The Hall–Kier alpha value is -2.44. The molecule has 0 fully saturated rings. The summed E-state index contributed by atoms with van der Waals surface area (Å²) in [6.45, 7) is 3.65. The maximum atomic E-state index is 9.53. The highest BCUT2D eigenvalue weighted by Gasteiger charge is 2.34. The van der Waals surface area contributed by atoms with Crippen molar-refractivity contribution < 1.29 is 0 Å². The Morgan fingerprint density at radius 1 is 1.27 bits per heavy atom. The van der Waals surface area contributed by atoms with Crippen LogP contribution in [0.15, 0.2) is 39.1 Å². The van der Waals surface area contributed by atoms with Crippen molar-refractivity contribution in [3.63, 3.8) is 0 Å². The van der Waals surface area contributed by atoms with Gasteiger partial charge in [0.2, 0.25) is 0 Å². The number of benzene rings is 1. The molecule has 1 aliphatic rings. The van der Waals surface area contributed by atoms with Crippen LogP contribution in [0.1, 0.15) is 25.3 Å². The Kier molecular flexibility index (Phi) is 3.56. The summed E-state index contributed by atoms with van der Waals surface area (Å²) >= 11 is 3.43. The number of aromatic nitrogens is 2. The van der Waals surface area contributed by atoms with Crippen LogP contribution in [0.25, 0.3) is 10.9 Å². The van der Waals surface area contributed by atoms with Gasteiger partial charge in [-0.3, -0.25) is 10.1 Å². The van der Waals surface area contributed by atoms with E-state index in [0.29, 0.717) is 11.3 Å². The summed E-state index contributed by atoms with van der Waals surface area (Å²) in [7, 11) is 0. The molecule has 0 saturated carbocycles. The molecule has 0 spiro atoms. The Balaban J connectivity index is 2.22. The zero-order valence-electron chi connectivity index (χ0n) is 12.1. The van der Waals surface area contributed by atoms with E-state index in [4.69, 9.17) is 0 Å². The number of H-pyrrole nitrogens is 1. The summed E-state index contributed by atoms with van der Waals surface area (Å²) in [5, 5.41) is 27.0. The first-order chi connectivity index (χ1) is 10.6. The summed E-state index contributed by atoms with van der Waals surface area (Å²) in [6, 6.07) is 10.3. The summed E-state index contributed by atoms with van der Waals surface area (Å²) in [4.78, 5) is 4.36. The van der Waals surface area contributed by atoms with Crippen LogP contribution in [0.5, 0.6) is 0 Å². The lowest BCUT2D eigenvalue weighted by atomic mass is 9.77. The minimum atomic E-state index is -0.429. The summed E-state index contributed by atoms with van der Waals surface area (Å²) in [5.74, 6) is -0.722. The van der Waals surface area contributed by atoms with Gasteiger partial charge in [-0.2, -0.15) is 15.6 Å². The summed E-state index contributed by atoms with van der Waals surface area (Å²) in [6.07, 6.45) is 0. The predicted molar refractivity (Wildman–Crippen MR) is 87.1 cm³/mol. The number of aromatic amines is 1. The third-order valence-electron chi connectivity index (χ3n) is 3.98. The molecule has 0 bridgehead atoms. The van der Waals surface area contributed by atoms with Crippen LogP contribution in [0.4, 0.5) is 0 Å². The van der Waals surface area contributed by atoms with Gasteiger partial charge in [0.25, 0.3) is 0 Å². The van der Waals surface area contributed by atoms with E-state index >= 15 is 0 Å². The number of hydrogen-bond donors (Lipinski definition) is 1. The van der Waals surface area contributed by atoms with Crippen LogP contribution in [0.3, 0.4) is 0 Å². The first-order valence-corrected chi connectivity index (χ1v) is 7.55. The van der Waals surface area contributed by atoms with E-state index in [1.165, 1.54) is 0 Å². The molecule has 1 N–H and O–H groups in total. The topological polar surface area (TPSA) is 88.6 Å². The molecule has 22 heavy (non-hydrogen) atoms. The standard InChI is InChI=1S/C16H12BrN5/c1-8-12(6-18)15(13(7-19)9(2)20-8)10-3-4-14-11(5-10)16(17)22-21-14/h3-5,12,15H,1-2H3,(H,21,22). The molecule has 2 unspecified atom stereocenters. The van der Waals surface area contributed by atoms with Crippen LogP contribution in [0.2, 0.25) is 0 Å². The average Bonchev–Trinajstić information content (AvgIpc) is 2.87. The monoisotopic (exact) mass is 353 g/mol. The number of hydrogen-bond acceptors (Lipinski definition) is 4. The summed E-state index contributed by atoms with van der Waals surface area (Å²) < 4.78 is 0.790. The molecule has 2 atom stereocenters. The summed E-state index contributed by atoms with van der Waals surface area (Å²) in [5.41, 5.74) is 3.74. The number of rotatable bonds is 1. The quantitative estimate of drug-likeness (QED) is 0.844. The number of nitrogens with zero attached hydrogens (tertiary/aromatic N) is 4. The third-order valence-corrected chi connectivity index (χ3v) is 4.58. The highest BCUT2D eigenvalue weighted by atomic mass is 79.9. The average molecular weight is 354 g/mol. The number of aliphatic imine (C=N–C) groups is 1. The highest BCUT2D eigenvalue weighted by molar-refractivity contribution is 9.10. The molecule has 0 amide bonds. The molecular formula is C16H12BrN5. The number of halogens is 1. The second-order valence-corrected chi connectivity index (χ2v) is 6.06. The molecule has 108 valence electrons. The highest BCUT2D eigenvalue weighted by Crippen LogP contribution is 2.39. The van der Waals surface area contributed by atoms with Gasteiger partial charge >= 0.3 is 0 Å². The van der Waals surface area contributed by atoms with Crippen molar-refractivity contribution in [3.8, 4) is 12.1 Å². The van der Waals surface area contributed by atoms with E-state index < -0.39 is 5.92 Å². The van der Waals surface area contributed by atoms with Gasteiger partial charge in [-0.25, -0.2) is 0 Å². The van der Waals surface area contributed by atoms with Gasteiger partial charge in [-0.1, -0.05) is 6.07 Å². The Morgan fingerprint density at radius 2 is 2.05 bits per heavy atom. The van der Waals surface area contributed by atoms with E-state index in [0.717, 1.165) is 26.8 Å². The van der Waals surface area contributed by atoms with Crippen LogP contribution in [0, 0.1) is 28.6 Å². The minimum absolute atomic E-state index is 0.293. The molecule has 1 aliphatic heterocycles. The van der Waals surface area contributed by atoms with Gasteiger partial charge in [0.15, 0.2) is 0 Å². The molecule has 1 aromatic heterocycles. The van der Waals surface area contributed by atoms with E-state index in [9.17, 15) is 10.5 Å². The van der Waals surface area contributed by atoms with Gasteiger partial charge in [0, 0.05) is 17.0 Å². The Morgan fingerprint density at radius 3 is 2.73 bits per heavy atom.